The van der Waals surface area contributed by atoms with Crippen LogP contribution < -0.4 is 20.1 Å². The number of nitrogens with two attached hydrogens (primary N) is 1. The summed E-state index contributed by atoms with van der Waals surface area (Å²) in [4.78, 5) is 9.46. The Morgan fingerprint density at radius 3 is 2.03 bits per heavy atom. The van der Waals surface area contributed by atoms with Crippen molar-refractivity contribution in [2.24, 2.45) is 16.0 Å². The van der Waals surface area contributed by atoms with Gasteiger partial charge >= 0.3 is 0 Å². The molecule has 0 unspecified atom stereocenters. The first kappa shape index (κ1) is 25.3. The second-order valence-corrected chi connectivity index (χ2v) is 9.23. The Bertz CT molecular complexity index is 1560. The SMILES string of the molecule is CCN(CC)c1ccc2nc3ccc(N=Nc4ccc(N(C)CCN)cc4)cc3[n+](-c3ccccc3)c2c1. The first-order chi connectivity index (χ1) is 18.6. The molecule has 4 aromatic carbocycles. The molecule has 2 N–H and O–H groups in total. The molecule has 0 aliphatic heterocycles. The number of hydrogen-bond donors (Lipinski definition) is 1. The summed E-state index contributed by atoms with van der Waals surface area (Å²) >= 11 is 0. The Morgan fingerprint density at radius 1 is 0.737 bits per heavy atom. The van der Waals surface area contributed by atoms with E-state index in [2.05, 4.69) is 87.0 Å². The van der Waals surface area contributed by atoms with Gasteiger partial charge in [0.1, 0.15) is 11.0 Å². The maximum absolute atomic E-state index is 5.68. The van der Waals surface area contributed by atoms with E-state index in [9.17, 15) is 0 Å². The van der Waals surface area contributed by atoms with Crippen LogP contribution in [-0.2, 0) is 0 Å². The minimum atomic E-state index is 0.615. The predicted octanol–water partition coefficient (Wildman–Crippen LogP) is 6.32. The molecule has 7 nitrogen and oxygen atoms in total. The minimum absolute atomic E-state index is 0.615. The number of anilines is 2. The fourth-order valence-electron chi connectivity index (χ4n) is 4.75. The van der Waals surface area contributed by atoms with Crippen molar-refractivity contribution >= 4 is 44.8 Å². The molecule has 0 aliphatic rings. The summed E-state index contributed by atoms with van der Waals surface area (Å²) in [6.45, 7) is 7.68. The molecule has 0 radical (unpaired) electrons. The number of hydrogen-bond acceptors (Lipinski definition) is 6. The number of para-hydroxylation sites is 1. The van der Waals surface area contributed by atoms with Crippen LogP contribution in [0.25, 0.3) is 27.8 Å². The van der Waals surface area contributed by atoms with Crippen LogP contribution in [0.5, 0.6) is 0 Å². The van der Waals surface area contributed by atoms with E-state index in [1.54, 1.807) is 0 Å². The average Bonchev–Trinajstić information content (AvgIpc) is 2.96. The van der Waals surface area contributed by atoms with Crippen LogP contribution in [-0.4, -0.2) is 38.2 Å². The maximum Gasteiger partial charge on any atom is 0.239 e. The maximum atomic E-state index is 5.68. The van der Waals surface area contributed by atoms with Gasteiger partial charge in [0.2, 0.25) is 16.7 Å². The molecule has 0 bridgehead atoms. The van der Waals surface area contributed by atoms with E-state index in [1.807, 2.05) is 49.5 Å². The van der Waals surface area contributed by atoms with E-state index in [0.29, 0.717) is 6.54 Å². The molecule has 0 fully saturated rings. The van der Waals surface area contributed by atoms with Gasteiger partial charge in [0.05, 0.1) is 11.4 Å². The van der Waals surface area contributed by atoms with E-state index in [4.69, 9.17) is 10.7 Å². The van der Waals surface area contributed by atoms with E-state index in [-0.39, 0.29) is 0 Å². The number of nitrogens with zero attached hydrogens (tertiary/aromatic N) is 6. The van der Waals surface area contributed by atoms with Crippen LogP contribution in [0, 0.1) is 0 Å². The first-order valence-corrected chi connectivity index (χ1v) is 13.1. The van der Waals surface area contributed by atoms with Gasteiger partial charge in [-0.25, -0.2) is 4.98 Å². The number of azo groups is 1. The summed E-state index contributed by atoms with van der Waals surface area (Å²) in [7, 11) is 2.03. The standard InChI is InChI=1S/C31H34N7/c1-4-37(5-2)27-16-18-29-31(22-27)38(26-9-7-6-8-10-26)30-21-24(13-17-28(30)33-29)35-34-23-11-14-25(15-12-23)36(3)20-19-32/h6-18,21-22H,4-5,19-20,32H2,1-3H3/q+1. The molecule has 38 heavy (non-hydrogen) atoms. The number of fused-ring (bicyclic) bond motifs is 2. The smallest absolute Gasteiger partial charge is 0.239 e. The third kappa shape index (κ3) is 5.19. The van der Waals surface area contributed by atoms with Crippen LogP contribution in [0.4, 0.5) is 22.7 Å². The van der Waals surface area contributed by atoms with E-state index < -0.39 is 0 Å². The lowest BCUT2D eigenvalue weighted by Gasteiger charge is -2.20. The minimum Gasteiger partial charge on any atom is -0.373 e. The summed E-state index contributed by atoms with van der Waals surface area (Å²) < 4.78 is 2.27. The lowest BCUT2D eigenvalue weighted by atomic mass is 10.1. The highest BCUT2D eigenvalue weighted by molar-refractivity contribution is 5.85. The van der Waals surface area contributed by atoms with E-state index in [0.717, 1.165) is 64.5 Å². The second kappa shape index (κ2) is 11.4. The molecule has 192 valence electrons. The molecule has 7 heteroatoms. The van der Waals surface area contributed by atoms with Crippen molar-refractivity contribution in [1.29, 1.82) is 0 Å². The summed E-state index contributed by atoms with van der Waals surface area (Å²) in [5.74, 6) is 0. The zero-order chi connectivity index (χ0) is 26.5. The fourth-order valence-corrected chi connectivity index (χ4v) is 4.75. The van der Waals surface area contributed by atoms with Crippen molar-refractivity contribution in [2.75, 3.05) is 43.0 Å². The summed E-state index contributed by atoms with van der Waals surface area (Å²) in [6.07, 6.45) is 0. The molecule has 0 spiro atoms. The van der Waals surface area contributed by atoms with Gasteiger partial charge in [0.25, 0.3) is 0 Å². The molecule has 0 atom stereocenters. The Balaban J connectivity index is 1.59. The highest BCUT2D eigenvalue weighted by atomic mass is 15.1. The van der Waals surface area contributed by atoms with Gasteiger partial charge < -0.3 is 15.5 Å². The molecule has 1 aromatic heterocycles. The normalized spacial score (nSPS) is 11.5. The van der Waals surface area contributed by atoms with Gasteiger partial charge in [-0.2, -0.15) is 10.2 Å². The molecular formula is C31H34N7+. The molecular weight excluding hydrogens is 470 g/mol. The van der Waals surface area contributed by atoms with Gasteiger partial charge in [-0.05, 0) is 62.4 Å². The zero-order valence-corrected chi connectivity index (χ0v) is 22.2. The Labute approximate surface area is 223 Å². The summed E-state index contributed by atoms with van der Waals surface area (Å²) in [5, 5.41) is 9.07. The fraction of sp³-hybridized carbons (Fsp3) is 0.226. The predicted molar refractivity (Wildman–Crippen MR) is 157 cm³/mol. The lowest BCUT2D eigenvalue weighted by molar-refractivity contribution is -0.538. The van der Waals surface area contributed by atoms with Gasteiger partial charge in [-0.3, -0.25) is 0 Å². The van der Waals surface area contributed by atoms with Gasteiger partial charge in [0.15, 0.2) is 0 Å². The van der Waals surface area contributed by atoms with Gasteiger partial charge in [0, 0.05) is 68.9 Å². The Morgan fingerprint density at radius 2 is 1.34 bits per heavy atom. The largest absolute Gasteiger partial charge is 0.373 e. The van der Waals surface area contributed by atoms with Gasteiger partial charge in [-0.15, -0.1) is 4.57 Å². The molecule has 5 rings (SSSR count). The average molecular weight is 505 g/mol. The topological polar surface area (TPSA) is 74.0 Å². The molecule has 0 aliphatic carbocycles. The molecule has 0 saturated carbocycles. The Hall–Kier alpha value is -4.36. The first-order valence-electron chi connectivity index (χ1n) is 13.1. The summed E-state index contributed by atoms with van der Waals surface area (Å²) in [6, 6.07) is 31.0. The zero-order valence-electron chi connectivity index (χ0n) is 22.2. The number of rotatable bonds is 9. The van der Waals surface area contributed by atoms with Crippen LogP contribution in [0.1, 0.15) is 13.8 Å². The van der Waals surface area contributed by atoms with Crippen LogP contribution >= 0.6 is 0 Å². The van der Waals surface area contributed by atoms with Crippen LogP contribution in [0.15, 0.2) is 101 Å². The monoisotopic (exact) mass is 504 g/mol. The molecule has 0 amide bonds. The third-order valence-corrected chi connectivity index (χ3v) is 6.82. The van der Waals surface area contributed by atoms with Crippen molar-refractivity contribution in [3.8, 4) is 5.69 Å². The van der Waals surface area contributed by atoms with Crippen molar-refractivity contribution in [3.05, 3.63) is 91.0 Å². The van der Waals surface area contributed by atoms with E-state index >= 15 is 0 Å². The van der Waals surface area contributed by atoms with E-state index in [1.165, 1.54) is 5.69 Å². The molecule has 5 aromatic rings. The molecule has 1 heterocycles. The third-order valence-electron chi connectivity index (χ3n) is 6.82. The van der Waals surface area contributed by atoms with Crippen LogP contribution in [0.3, 0.4) is 0 Å². The van der Waals surface area contributed by atoms with Crippen molar-refractivity contribution in [1.82, 2.24) is 4.98 Å². The Kier molecular flexibility index (Phi) is 7.56. The highest BCUT2D eigenvalue weighted by Gasteiger charge is 2.21. The van der Waals surface area contributed by atoms with Gasteiger partial charge in [-0.1, -0.05) is 18.2 Å². The number of benzene rings is 4. The quantitative estimate of drug-likeness (QED) is 0.145. The van der Waals surface area contributed by atoms with Crippen molar-refractivity contribution in [3.63, 3.8) is 0 Å². The summed E-state index contributed by atoms with van der Waals surface area (Å²) in [5.41, 5.74) is 14.5. The van der Waals surface area contributed by atoms with Crippen molar-refractivity contribution < 1.29 is 4.57 Å². The lowest BCUT2D eigenvalue weighted by Crippen LogP contribution is -2.33. The molecule has 0 saturated heterocycles. The van der Waals surface area contributed by atoms with Crippen LogP contribution in [0.2, 0.25) is 0 Å². The van der Waals surface area contributed by atoms with Crippen molar-refractivity contribution in [2.45, 2.75) is 13.8 Å². The highest BCUT2D eigenvalue weighted by Crippen LogP contribution is 2.27. The number of aromatic nitrogens is 2. The second-order valence-electron chi connectivity index (χ2n) is 9.23. The number of likely N-dealkylation sites (N-methyl/N-ethyl adjacent to an activating group) is 1.